The number of rotatable bonds is 5. The first-order chi connectivity index (χ1) is 5.99. The molecule has 0 bridgehead atoms. The van der Waals surface area contributed by atoms with Crippen LogP contribution in [0, 0.1) is 5.92 Å². The molecule has 3 nitrogen and oxygen atoms in total. The molecule has 1 N–H and O–H groups in total. The van der Waals surface area contributed by atoms with Gasteiger partial charge in [-0.15, -0.1) is 0 Å². The average Bonchev–Trinajstić information content (AvgIpc) is 1.99. The van der Waals surface area contributed by atoms with Crippen molar-refractivity contribution in [2.75, 3.05) is 0 Å². The SMILES string of the molecule is CCCC(C)C=C(C(C)=O)C(=O)O. The van der Waals surface area contributed by atoms with E-state index in [0.717, 1.165) is 12.8 Å². The molecule has 1 atom stereocenters. The topological polar surface area (TPSA) is 54.4 Å². The zero-order chi connectivity index (χ0) is 10.4. The number of hydrogen-bond acceptors (Lipinski definition) is 2. The van der Waals surface area contributed by atoms with E-state index in [2.05, 4.69) is 0 Å². The summed E-state index contributed by atoms with van der Waals surface area (Å²) in [6.07, 6.45) is 3.43. The fourth-order valence-corrected chi connectivity index (χ4v) is 1.16. The molecule has 0 radical (unpaired) electrons. The van der Waals surface area contributed by atoms with Crippen LogP contribution in [0.1, 0.15) is 33.6 Å². The number of carbonyl (C=O) groups excluding carboxylic acids is 1. The number of carbonyl (C=O) groups is 2. The highest BCUT2D eigenvalue weighted by atomic mass is 16.4. The first-order valence-electron chi connectivity index (χ1n) is 4.45. The van der Waals surface area contributed by atoms with Crippen molar-refractivity contribution >= 4 is 11.8 Å². The fourth-order valence-electron chi connectivity index (χ4n) is 1.16. The normalized spacial score (nSPS) is 13.9. The van der Waals surface area contributed by atoms with Crippen LogP contribution in [0.2, 0.25) is 0 Å². The maximum absolute atomic E-state index is 10.9. The molecule has 3 heteroatoms. The van der Waals surface area contributed by atoms with Crippen LogP contribution in [-0.2, 0) is 9.59 Å². The van der Waals surface area contributed by atoms with E-state index in [-0.39, 0.29) is 17.3 Å². The molecule has 0 spiro atoms. The minimum atomic E-state index is -1.13. The number of Topliss-reactive ketones (excluding diaryl/α,β-unsaturated/α-hetero) is 1. The molecule has 0 aromatic heterocycles. The maximum Gasteiger partial charge on any atom is 0.338 e. The van der Waals surface area contributed by atoms with Crippen molar-refractivity contribution in [1.82, 2.24) is 0 Å². The second-order valence-corrected chi connectivity index (χ2v) is 3.21. The van der Waals surface area contributed by atoms with E-state index in [1.807, 2.05) is 13.8 Å². The van der Waals surface area contributed by atoms with Crippen molar-refractivity contribution in [1.29, 1.82) is 0 Å². The number of hydrogen-bond donors (Lipinski definition) is 1. The Morgan fingerprint density at radius 2 is 2.00 bits per heavy atom. The number of carboxylic acid groups (broad SMARTS) is 1. The van der Waals surface area contributed by atoms with Crippen LogP contribution in [0.4, 0.5) is 0 Å². The summed E-state index contributed by atoms with van der Waals surface area (Å²) in [5.41, 5.74) is -0.0963. The van der Waals surface area contributed by atoms with Gasteiger partial charge in [-0.2, -0.15) is 0 Å². The largest absolute Gasteiger partial charge is 0.478 e. The highest BCUT2D eigenvalue weighted by Gasteiger charge is 2.13. The Balaban J connectivity index is 4.53. The summed E-state index contributed by atoms with van der Waals surface area (Å²) in [7, 11) is 0. The predicted octanol–water partition coefficient (Wildman–Crippen LogP) is 2.02. The summed E-state index contributed by atoms with van der Waals surface area (Å²) >= 11 is 0. The van der Waals surface area contributed by atoms with E-state index in [1.54, 1.807) is 0 Å². The molecule has 74 valence electrons. The van der Waals surface area contributed by atoms with E-state index in [1.165, 1.54) is 13.0 Å². The lowest BCUT2D eigenvalue weighted by atomic mass is 10.0. The highest BCUT2D eigenvalue weighted by Crippen LogP contribution is 2.10. The summed E-state index contributed by atoms with van der Waals surface area (Å²) < 4.78 is 0. The van der Waals surface area contributed by atoms with Crippen molar-refractivity contribution < 1.29 is 14.7 Å². The minimum Gasteiger partial charge on any atom is -0.478 e. The van der Waals surface area contributed by atoms with Crippen LogP contribution in [-0.4, -0.2) is 16.9 Å². The van der Waals surface area contributed by atoms with Gasteiger partial charge in [-0.05, 0) is 19.3 Å². The van der Waals surface area contributed by atoms with Gasteiger partial charge in [0.05, 0.1) is 5.57 Å². The molecule has 13 heavy (non-hydrogen) atoms. The Morgan fingerprint density at radius 3 is 2.31 bits per heavy atom. The van der Waals surface area contributed by atoms with Crippen LogP contribution in [0.5, 0.6) is 0 Å². The Bertz CT molecular complexity index is 212. The average molecular weight is 184 g/mol. The van der Waals surface area contributed by atoms with Gasteiger partial charge in [0.2, 0.25) is 0 Å². The van der Waals surface area contributed by atoms with Crippen molar-refractivity contribution in [3.8, 4) is 0 Å². The van der Waals surface area contributed by atoms with Crippen molar-refractivity contribution in [3.63, 3.8) is 0 Å². The molecule has 1 unspecified atom stereocenters. The molecule has 0 heterocycles. The van der Waals surface area contributed by atoms with Gasteiger partial charge in [-0.3, -0.25) is 4.79 Å². The molecule has 0 aliphatic rings. The second kappa shape index (κ2) is 5.51. The van der Waals surface area contributed by atoms with Gasteiger partial charge < -0.3 is 5.11 Å². The van der Waals surface area contributed by atoms with Gasteiger partial charge in [0.1, 0.15) is 0 Å². The van der Waals surface area contributed by atoms with Gasteiger partial charge in [0, 0.05) is 0 Å². The molecule has 0 saturated heterocycles. The lowest BCUT2D eigenvalue weighted by Gasteiger charge is -2.04. The van der Waals surface area contributed by atoms with Crippen molar-refractivity contribution in [2.24, 2.45) is 5.92 Å². The molecular formula is C10H16O3. The molecule has 0 saturated carbocycles. The van der Waals surface area contributed by atoms with Gasteiger partial charge in [0.25, 0.3) is 0 Å². The summed E-state index contributed by atoms with van der Waals surface area (Å²) in [6, 6.07) is 0. The lowest BCUT2D eigenvalue weighted by Crippen LogP contribution is -2.10. The van der Waals surface area contributed by atoms with Gasteiger partial charge in [-0.1, -0.05) is 26.3 Å². The van der Waals surface area contributed by atoms with E-state index < -0.39 is 5.97 Å². The van der Waals surface area contributed by atoms with Crippen molar-refractivity contribution in [2.45, 2.75) is 33.6 Å². The molecule has 0 aromatic rings. The van der Waals surface area contributed by atoms with Crippen LogP contribution in [0.3, 0.4) is 0 Å². The summed E-state index contributed by atoms with van der Waals surface area (Å²) in [5, 5.41) is 8.67. The zero-order valence-corrected chi connectivity index (χ0v) is 8.33. The third kappa shape index (κ3) is 4.45. The van der Waals surface area contributed by atoms with E-state index in [9.17, 15) is 9.59 Å². The van der Waals surface area contributed by atoms with Crippen molar-refractivity contribution in [3.05, 3.63) is 11.6 Å². The summed E-state index contributed by atoms with van der Waals surface area (Å²) in [6.45, 7) is 5.21. The summed E-state index contributed by atoms with van der Waals surface area (Å²) in [4.78, 5) is 21.5. The number of allylic oxidation sites excluding steroid dienone is 1. The van der Waals surface area contributed by atoms with E-state index in [0.29, 0.717) is 0 Å². The molecule has 0 rings (SSSR count). The highest BCUT2D eigenvalue weighted by molar-refractivity contribution is 6.15. The number of carboxylic acids is 1. The molecule has 0 aliphatic carbocycles. The fraction of sp³-hybridized carbons (Fsp3) is 0.600. The second-order valence-electron chi connectivity index (χ2n) is 3.21. The quantitative estimate of drug-likeness (QED) is 0.404. The third-order valence-corrected chi connectivity index (χ3v) is 1.80. The molecule has 0 fully saturated rings. The number of aliphatic carboxylic acids is 1. The maximum atomic E-state index is 10.9. The van der Waals surface area contributed by atoms with E-state index in [4.69, 9.17) is 5.11 Å². The van der Waals surface area contributed by atoms with Crippen LogP contribution < -0.4 is 0 Å². The Hall–Kier alpha value is -1.12. The van der Waals surface area contributed by atoms with Crippen LogP contribution in [0.15, 0.2) is 11.6 Å². The molecule has 0 aliphatic heterocycles. The smallest absolute Gasteiger partial charge is 0.338 e. The molecular weight excluding hydrogens is 168 g/mol. The predicted molar refractivity (Wildman–Crippen MR) is 50.5 cm³/mol. The minimum absolute atomic E-state index is 0.0963. The van der Waals surface area contributed by atoms with Gasteiger partial charge in [0.15, 0.2) is 5.78 Å². The van der Waals surface area contributed by atoms with Crippen LogP contribution in [0.25, 0.3) is 0 Å². The Labute approximate surface area is 78.5 Å². The summed E-state index contributed by atoms with van der Waals surface area (Å²) in [5.74, 6) is -1.36. The molecule has 0 aromatic carbocycles. The standard InChI is InChI=1S/C10H16O3/c1-4-5-7(2)6-9(8(3)11)10(12)13/h6-7H,4-5H2,1-3H3,(H,12,13). The monoisotopic (exact) mass is 184 g/mol. The lowest BCUT2D eigenvalue weighted by molar-refractivity contribution is -0.134. The zero-order valence-electron chi connectivity index (χ0n) is 8.33. The Kier molecular flexibility index (Phi) is 5.04. The number of ketones is 1. The molecule has 0 amide bonds. The van der Waals surface area contributed by atoms with E-state index >= 15 is 0 Å². The van der Waals surface area contributed by atoms with Crippen LogP contribution >= 0.6 is 0 Å². The van der Waals surface area contributed by atoms with Gasteiger partial charge in [-0.25, -0.2) is 4.79 Å². The first kappa shape index (κ1) is 11.9. The Morgan fingerprint density at radius 1 is 1.46 bits per heavy atom. The van der Waals surface area contributed by atoms with Gasteiger partial charge >= 0.3 is 5.97 Å². The third-order valence-electron chi connectivity index (χ3n) is 1.80. The first-order valence-corrected chi connectivity index (χ1v) is 4.45.